The maximum Gasteiger partial charge on any atom is 0.407 e. The lowest BCUT2D eigenvalue weighted by molar-refractivity contribution is 0.0847. The van der Waals surface area contributed by atoms with E-state index in [4.69, 9.17) is 4.74 Å². The van der Waals surface area contributed by atoms with Crippen molar-refractivity contribution in [3.63, 3.8) is 0 Å². The number of thiophene rings is 1. The van der Waals surface area contributed by atoms with Gasteiger partial charge in [0.1, 0.15) is 0 Å². The zero-order valence-corrected chi connectivity index (χ0v) is 23.0. The normalized spacial score (nSPS) is 17.1. The Kier molecular flexibility index (Phi) is 8.59. The van der Waals surface area contributed by atoms with Gasteiger partial charge in [-0.25, -0.2) is 4.79 Å². The second-order valence-corrected chi connectivity index (χ2v) is 11.1. The number of aryl methyl sites for hydroxylation is 2. The van der Waals surface area contributed by atoms with Gasteiger partial charge in [-0.05, 0) is 76.5 Å². The topological polar surface area (TPSA) is 115 Å². The highest BCUT2D eigenvalue weighted by Gasteiger charge is 2.33. The number of likely N-dealkylation sites (tertiary alicyclic amines) is 1. The van der Waals surface area contributed by atoms with Gasteiger partial charge in [-0.1, -0.05) is 0 Å². The van der Waals surface area contributed by atoms with Crippen LogP contribution in [0, 0.1) is 20.8 Å². The number of H-pyrrole nitrogens is 1. The van der Waals surface area contributed by atoms with Crippen LogP contribution in [0.4, 0.5) is 9.80 Å². The number of pyridine rings is 1. The van der Waals surface area contributed by atoms with Crippen LogP contribution in [-0.4, -0.2) is 65.9 Å². The molecular weight excluding hydrogens is 492 g/mol. The number of rotatable bonds is 7. The molecule has 202 valence electrons. The Hall–Kier alpha value is -2.85. The van der Waals surface area contributed by atoms with E-state index in [1.807, 2.05) is 26.8 Å². The molecule has 0 atom stereocenters. The van der Waals surface area contributed by atoms with E-state index in [0.29, 0.717) is 43.1 Å². The summed E-state index contributed by atoms with van der Waals surface area (Å²) in [5.41, 5.74) is 3.65. The van der Waals surface area contributed by atoms with Crippen molar-refractivity contribution in [3.05, 3.63) is 49.2 Å². The van der Waals surface area contributed by atoms with E-state index in [2.05, 4.69) is 22.1 Å². The first-order chi connectivity index (χ1) is 17.7. The van der Waals surface area contributed by atoms with Crippen LogP contribution in [0.25, 0.3) is 0 Å². The van der Waals surface area contributed by atoms with Crippen LogP contribution in [0.15, 0.2) is 10.9 Å². The third-order valence-corrected chi connectivity index (χ3v) is 9.16. The lowest BCUT2D eigenvalue weighted by Crippen LogP contribution is -2.39. The van der Waals surface area contributed by atoms with Gasteiger partial charge >= 0.3 is 6.09 Å². The van der Waals surface area contributed by atoms with Crippen LogP contribution in [0.3, 0.4) is 0 Å². The molecule has 0 aliphatic carbocycles. The molecular formula is C27H38N4O5S. The molecule has 2 fully saturated rings. The molecule has 10 heteroatoms. The maximum atomic E-state index is 13.7. The summed E-state index contributed by atoms with van der Waals surface area (Å²) in [6.07, 6.45) is 2.39. The predicted molar refractivity (Wildman–Crippen MR) is 145 cm³/mol. The smallest absolute Gasteiger partial charge is 0.407 e. The second-order valence-electron chi connectivity index (χ2n) is 10.1. The first kappa shape index (κ1) is 27.2. The fourth-order valence-electron chi connectivity index (χ4n) is 5.62. The molecule has 2 amide bonds. The number of hydrogen-bond donors (Lipinski definition) is 3. The third kappa shape index (κ3) is 5.85. The number of piperidine rings is 1. The molecule has 0 radical (unpaired) electrons. The molecule has 0 bridgehead atoms. The molecule has 2 aliphatic heterocycles. The number of ether oxygens (including phenoxy) is 1. The monoisotopic (exact) mass is 530 g/mol. The average molecular weight is 531 g/mol. The van der Waals surface area contributed by atoms with E-state index < -0.39 is 6.09 Å². The molecule has 4 heterocycles. The van der Waals surface area contributed by atoms with Crippen molar-refractivity contribution in [1.82, 2.24) is 15.2 Å². The van der Waals surface area contributed by atoms with Crippen molar-refractivity contribution in [2.45, 2.75) is 71.9 Å². The Labute approximate surface area is 221 Å². The number of aromatic amines is 1. The zero-order valence-electron chi connectivity index (χ0n) is 22.2. The number of carbonyl (C=O) groups excluding carboxylic acids is 1. The van der Waals surface area contributed by atoms with Crippen molar-refractivity contribution in [3.8, 4) is 0 Å². The fraction of sp³-hybridized carbons (Fsp3) is 0.593. The van der Waals surface area contributed by atoms with Crippen molar-refractivity contribution in [1.29, 1.82) is 0 Å². The molecule has 0 aromatic carbocycles. The summed E-state index contributed by atoms with van der Waals surface area (Å²) in [6.45, 7) is 11.3. The predicted octanol–water partition coefficient (Wildman–Crippen LogP) is 4.15. The average Bonchev–Trinajstić information content (AvgIpc) is 3.21. The van der Waals surface area contributed by atoms with Gasteiger partial charge in [0.15, 0.2) is 0 Å². The SMILES string of the molecule is CCN(c1sc(C2CCN(C(=O)O)CC2)c(C(=O)NCc2c(C)cc(C)[nH]c2=O)c1C)C1CCOCC1. The number of nitrogens with zero attached hydrogens (tertiary/aromatic N) is 2. The molecule has 2 saturated heterocycles. The van der Waals surface area contributed by atoms with Gasteiger partial charge in [-0.15, -0.1) is 11.3 Å². The zero-order chi connectivity index (χ0) is 26.7. The van der Waals surface area contributed by atoms with Crippen LogP contribution in [-0.2, 0) is 11.3 Å². The number of carbonyl (C=O) groups is 2. The molecule has 2 aromatic heterocycles. The molecule has 0 unspecified atom stereocenters. The van der Waals surface area contributed by atoms with E-state index in [0.717, 1.165) is 59.3 Å². The van der Waals surface area contributed by atoms with Crippen molar-refractivity contribution >= 4 is 28.3 Å². The van der Waals surface area contributed by atoms with Crippen LogP contribution < -0.4 is 15.8 Å². The van der Waals surface area contributed by atoms with E-state index in [1.165, 1.54) is 4.90 Å². The third-order valence-electron chi connectivity index (χ3n) is 7.66. The minimum absolute atomic E-state index is 0.117. The summed E-state index contributed by atoms with van der Waals surface area (Å²) in [5.74, 6) is -0.0650. The molecule has 2 aliphatic rings. The molecule has 2 aromatic rings. The van der Waals surface area contributed by atoms with E-state index in [9.17, 15) is 19.5 Å². The lowest BCUT2D eigenvalue weighted by atomic mass is 9.91. The first-order valence-electron chi connectivity index (χ1n) is 13.1. The van der Waals surface area contributed by atoms with E-state index in [1.54, 1.807) is 11.3 Å². The van der Waals surface area contributed by atoms with E-state index >= 15 is 0 Å². The molecule has 0 saturated carbocycles. The van der Waals surface area contributed by atoms with Crippen LogP contribution >= 0.6 is 11.3 Å². The van der Waals surface area contributed by atoms with Crippen molar-refractivity contribution < 1.29 is 19.4 Å². The minimum atomic E-state index is -0.894. The summed E-state index contributed by atoms with van der Waals surface area (Å²) < 4.78 is 5.58. The van der Waals surface area contributed by atoms with Gasteiger partial charge in [-0.3, -0.25) is 9.59 Å². The highest BCUT2D eigenvalue weighted by atomic mass is 32.1. The quantitative estimate of drug-likeness (QED) is 0.495. The largest absolute Gasteiger partial charge is 0.465 e. The van der Waals surface area contributed by atoms with Crippen LogP contribution in [0.5, 0.6) is 0 Å². The maximum absolute atomic E-state index is 13.7. The number of aromatic nitrogens is 1. The number of nitrogens with one attached hydrogen (secondary N) is 2. The summed E-state index contributed by atoms with van der Waals surface area (Å²) in [5, 5.41) is 13.5. The lowest BCUT2D eigenvalue weighted by Gasteiger charge is -2.35. The van der Waals surface area contributed by atoms with Crippen molar-refractivity contribution in [2.24, 2.45) is 0 Å². The van der Waals surface area contributed by atoms with Crippen LogP contribution in [0.2, 0.25) is 0 Å². The number of hydrogen-bond acceptors (Lipinski definition) is 6. The first-order valence-corrected chi connectivity index (χ1v) is 14.0. The van der Waals surface area contributed by atoms with Gasteiger partial charge < -0.3 is 29.9 Å². The Bertz CT molecular complexity index is 1190. The highest BCUT2D eigenvalue weighted by Crippen LogP contribution is 2.44. The van der Waals surface area contributed by atoms with Gasteiger partial charge in [0, 0.05) is 61.6 Å². The molecule has 9 nitrogen and oxygen atoms in total. The van der Waals surface area contributed by atoms with Gasteiger partial charge in [0.2, 0.25) is 0 Å². The second kappa shape index (κ2) is 11.7. The number of carboxylic acid groups (broad SMARTS) is 1. The van der Waals surface area contributed by atoms with Gasteiger partial charge in [-0.2, -0.15) is 0 Å². The number of anilines is 1. The Morgan fingerprint density at radius 2 is 1.86 bits per heavy atom. The summed E-state index contributed by atoms with van der Waals surface area (Å²) >= 11 is 1.68. The summed E-state index contributed by atoms with van der Waals surface area (Å²) in [6, 6.07) is 2.27. The molecule has 4 rings (SSSR count). The Balaban J connectivity index is 1.65. The van der Waals surface area contributed by atoms with Crippen molar-refractivity contribution in [2.75, 3.05) is 37.7 Å². The summed E-state index contributed by atoms with van der Waals surface area (Å²) in [7, 11) is 0. The Morgan fingerprint density at radius 1 is 1.19 bits per heavy atom. The summed E-state index contributed by atoms with van der Waals surface area (Å²) in [4.78, 5) is 45.4. The van der Waals surface area contributed by atoms with Crippen LogP contribution in [0.1, 0.15) is 76.1 Å². The molecule has 0 spiro atoms. The Morgan fingerprint density at radius 3 is 2.46 bits per heavy atom. The number of amides is 2. The van der Waals surface area contributed by atoms with E-state index in [-0.39, 0.29) is 23.9 Å². The highest BCUT2D eigenvalue weighted by molar-refractivity contribution is 7.16. The minimum Gasteiger partial charge on any atom is -0.465 e. The molecule has 37 heavy (non-hydrogen) atoms. The fourth-order valence-corrected chi connectivity index (χ4v) is 7.23. The van der Waals surface area contributed by atoms with Gasteiger partial charge in [0.05, 0.1) is 10.6 Å². The standard InChI is InChI=1S/C27H38N4O5S/c1-5-31(20-8-12-36-13-9-20)26-18(4)22(23(37-26)19-6-10-30(11-7-19)27(34)35)25(33)28-15-21-16(2)14-17(3)29-24(21)32/h14,19-20H,5-13,15H2,1-4H3,(H,28,33)(H,29,32)(H,34,35). The van der Waals surface area contributed by atoms with Gasteiger partial charge in [0.25, 0.3) is 11.5 Å². The molecule has 3 N–H and O–H groups in total.